The summed E-state index contributed by atoms with van der Waals surface area (Å²) in [5.74, 6) is -1.90. The molecule has 0 atom stereocenters. The molecule has 77 heavy (non-hydrogen) atoms. The first-order valence-electron chi connectivity index (χ1n) is 24.5. The Morgan fingerprint density at radius 2 is 0.740 bits per heavy atom. The third-order valence-electron chi connectivity index (χ3n) is 12.2. The maximum atomic E-state index is 15.2. The summed E-state index contributed by atoms with van der Waals surface area (Å²) in [5, 5.41) is 0. The predicted octanol–water partition coefficient (Wildman–Crippen LogP) is 14.9. The second-order valence-electron chi connectivity index (χ2n) is 18.6. The van der Waals surface area contributed by atoms with Gasteiger partial charge in [0.25, 0.3) is 0 Å². The zero-order valence-corrected chi connectivity index (χ0v) is 41.5. The monoisotopic (exact) mass is 1080 g/mol. The molecule has 0 saturated heterocycles. The van der Waals surface area contributed by atoms with Crippen molar-refractivity contribution in [1.82, 2.24) is 0 Å². The summed E-state index contributed by atoms with van der Waals surface area (Å²) < 4.78 is 157. The van der Waals surface area contributed by atoms with Gasteiger partial charge < -0.3 is 30.4 Å². The Kier molecular flexibility index (Phi) is 20.0. The summed E-state index contributed by atoms with van der Waals surface area (Å²) >= 11 is 0. The molecule has 408 valence electrons. The molecule has 0 aliphatic rings. The number of carbonyl (C=O) groups is 2. The lowest BCUT2D eigenvalue weighted by molar-refractivity contribution is -0.186. The lowest BCUT2D eigenvalue weighted by Gasteiger charge is -2.33. The molecule has 0 bridgehead atoms. The van der Waals surface area contributed by atoms with E-state index in [4.69, 9.17) is 30.4 Å². The largest absolute Gasteiger partial charge is 0.462 e. The Morgan fingerprint density at radius 1 is 0.416 bits per heavy atom. The van der Waals surface area contributed by atoms with Crippen molar-refractivity contribution in [3.8, 4) is 11.5 Å². The van der Waals surface area contributed by atoms with Gasteiger partial charge in [0.1, 0.15) is 24.7 Å². The zero-order valence-electron chi connectivity index (χ0n) is 41.5. The molecule has 0 aliphatic carbocycles. The summed E-state index contributed by atoms with van der Waals surface area (Å²) in [7, 11) is 0. The van der Waals surface area contributed by atoms with E-state index in [1.54, 1.807) is 48.5 Å². The molecule has 6 rings (SSSR count). The number of esters is 2. The summed E-state index contributed by atoms with van der Waals surface area (Å²) in [4.78, 5) is 26.7. The van der Waals surface area contributed by atoms with Gasteiger partial charge in [-0.05, 0) is 170 Å². The summed E-state index contributed by atoms with van der Waals surface area (Å²) in [6.07, 6.45) is -11.2. The zero-order chi connectivity index (χ0) is 55.7. The number of anilines is 2. The Bertz CT molecular complexity index is 2670. The Morgan fingerprint density at radius 3 is 1.06 bits per heavy atom. The molecule has 8 nitrogen and oxygen atoms in total. The van der Waals surface area contributed by atoms with Gasteiger partial charge in [0, 0.05) is 41.8 Å². The molecule has 0 aliphatic heterocycles. The van der Waals surface area contributed by atoms with Crippen LogP contribution in [-0.4, -0.2) is 37.5 Å². The van der Waals surface area contributed by atoms with Crippen LogP contribution in [0.15, 0.2) is 158 Å². The highest BCUT2D eigenvalue weighted by atomic mass is 19.4. The van der Waals surface area contributed by atoms with Gasteiger partial charge in [-0.25, -0.2) is 9.59 Å². The molecular weight excluding hydrogens is 1020 g/mol. The molecule has 0 spiro atoms. The van der Waals surface area contributed by atoms with Crippen LogP contribution in [0.4, 0.5) is 55.3 Å². The number of rotatable bonds is 26. The van der Waals surface area contributed by atoms with E-state index in [0.717, 1.165) is 47.5 Å². The number of nitrogen functional groups attached to an aromatic ring is 2. The summed E-state index contributed by atoms with van der Waals surface area (Å²) in [6, 6.07) is 35.1. The van der Waals surface area contributed by atoms with Crippen LogP contribution in [0.5, 0.6) is 11.5 Å². The van der Waals surface area contributed by atoms with E-state index in [1.165, 1.54) is 84.9 Å². The fraction of sp³-hybridized carbons (Fsp3) is 0.288. The predicted molar refractivity (Wildman–Crippen MR) is 274 cm³/mol. The molecule has 0 saturated carbocycles. The third-order valence-corrected chi connectivity index (χ3v) is 12.2. The van der Waals surface area contributed by atoms with Crippen molar-refractivity contribution in [2.45, 2.75) is 88.8 Å². The van der Waals surface area contributed by atoms with Gasteiger partial charge in [-0.1, -0.05) is 72.8 Å². The summed E-state index contributed by atoms with van der Waals surface area (Å²) in [6.45, 7) is -0.562. The SMILES string of the molecule is Nc1ccc(CC(COC(=O)/C=C/c2ccc(C(F)(F)Oc3ccc(CCCCC(F)(F)F)cc3)cc2)(COC(=O)/C=C/c2ccc(C(F)(F)Oc3ccc(CCCCC(F)(F)F)cc3)cc2)Cc2ccc(N)cc2)cc1. The molecule has 4 N–H and O–H groups in total. The normalized spacial score (nSPS) is 12.5. The first kappa shape index (κ1) is 58.5. The first-order chi connectivity index (χ1) is 36.4. The van der Waals surface area contributed by atoms with Crippen LogP contribution in [0.2, 0.25) is 0 Å². The van der Waals surface area contributed by atoms with Gasteiger partial charge in [-0.15, -0.1) is 0 Å². The number of aryl methyl sites for hydroxylation is 2. The molecular formula is C59H56F10N2O6. The molecule has 0 amide bonds. The number of hydrogen-bond acceptors (Lipinski definition) is 8. The molecule has 0 aromatic heterocycles. The van der Waals surface area contributed by atoms with E-state index < -0.39 is 65.9 Å². The maximum Gasteiger partial charge on any atom is 0.426 e. The average molecular weight is 1080 g/mol. The molecule has 0 heterocycles. The Labute approximate surface area is 439 Å². The average Bonchev–Trinajstić information content (AvgIpc) is 3.38. The minimum absolute atomic E-state index is 0.0475. The van der Waals surface area contributed by atoms with Crippen LogP contribution in [0.3, 0.4) is 0 Å². The van der Waals surface area contributed by atoms with E-state index >= 15 is 17.6 Å². The topological polar surface area (TPSA) is 123 Å². The number of hydrogen-bond donors (Lipinski definition) is 2. The number of ether oxygens (including phenoxy) is 4. The fourth-order valence-corrected chi connectivity index (χ4v) is 8.07. The molecule has 0 unspecified atom stereocenters. The van der Waals surface area contributed by atoms with Crippen molar-refractivity contribution in [1.29, 1.82) is 0 Å². The number of benzene rings is 6. The van der Waals surface area contributed by atoms with Crippen LogP contribution >= 0.6 is 0 Å². The lowest BCUT2D eigenvalue weighted by atomic mass is 9.77. The number of nitrogens with two attached hydrogens (primary N) is 2. The number of halogens is 10. The van der Waals surface area contributed by atoms with E-state index in [-0.39, 0.29) is 63.2 Å². The van der Waals surface area contributed by atoms with Crippen LogP contribution in [0, 0.1) is 5.41 Å². The first-order valence-corrected chi connectivity index (χ1v) is 24.5. The van der Waals surface area contributed by atoms with Gasteiger partial charge in [0.2, 0.25) is 0 Å². The van der Waals surface area contributed by atoms with Crippen molar-refractivity contribution >= 4 is 35.5 Å². The Hall–Kier alpha value is -7.76. The van der Waals surface area contributed by atoms with E-state index in [2.05, 4.69) is 0 Å². The van der Waals surface area contributed by atoms with Crippen LogP contribution in [0.25, 0.3) is 12.2 Å². The van der Waals surface area contributed by atoms with Crippen LogP contribution in [-0.2, 0) is 57.0 Å². The van der Waals surface area contributed by atoms with Crippen LogP contribution < -0.4 is 20.9 Å². The van der Waals surface area contributed by atoms with Gasteiger partial charge in [0.15, 0.2) is 0 Å². The molecule has 6 aromatic rings. The van der Waals surface area contributed by atoms with E-state index in [9.17, 15) is 35.9 Å². The standard InChI is InChI=1S/C59H56F10N2O6/c60-56(61,62)35-3-1-5-41-15-29-51(30-16-41)76-58(66,67)47-21-7-43(8-22-47)19-33-53(72)74-39-55(37-45-11-25-49(70)26-12-45,38-46-13-27-50(71)28-14-46)40-75-54(73)34-20-44-9-23-48(24-10-44)59(68,69)77-52-31-17-42(18-32-52)6-2-4-36-57(63,64)65/h7-34H,1-6,35-40,70-71H2/b33-19+,34-20+. The lowest BCUT2D eigenvalue weighted by Crippen LogP contribution is -2.38. The van der Waals surface area contributed by atoms with Crippen LogP contribution in [0.1, 0.15) is 83.0 Å². The maximum absolute atomic E-state index is 15.2. The van der Waals surface area contributed by atoms with Crippen molar-refractivity contribution < 1.29 is 72.4 Å². The quantitative estimate of drug-likeness (QED) is 0.0181. The van der Waals surface area contributed by atoms with Crippen molar-refractivity contribution in [2.75, 3.05) is 24.7 Å². The second-order valence-corrected chi connectivity index (χ2v) is 18.6. The summed E-state index contributed by atoms with van der Waals surface area (Å²) in [5.41, 5.74) is 14.5. The van der Waals surface area contributed by atoms with Gasteiger partial charge >= 0.3 is 36.5 Å². The highest BCUT2D eigenvalue weighted by molar-refractivity contribution is 5.87. The van der Waals surface area contributed by atoms with E-state index in [1.807, 2.05) is 0 Å². The third kappa shape index (κ3) is 20.0. The van der Waals surface area contributed by atoms with Gasteiger partial charge in [-0.3, -0.25) is 0 Å². The minimum atomic E-state index is -4.24. The molecule has 18 heteroatoms. The highest BCUT2D eigenvalue weighted by Gasteiger charge is 2.37. The Balaban J connectivity index is 1.08. The number of unbranched alkanes of at least 4 members (excludes halogenated alkanes) is 2. The molecule has 0 fully saturated rings. The second kappa shape index (κ2) is 26.3. The molecule has 6 aromatic carbocycles. The van der Waals surface area contributed by atoms with Crippen molar-refractivity contribution in [2.24, 2.45) is 5.41 Å². The fourth-order valence-electron chi connectivity index (χ4n) is 8.07. The smallest absolute Gasteiger partial charge is 0.426 e. The van der Waals surface area contributed by atoms with Gasteiger partial charge in [-0.2, -0.15) is 43.9 Å². The van der Waals surface area contributed by atoms with Crippen molar-refractivity contribution in [3.05, 3.63) is 202 Å². The number of alkyl halides is 10. The number of carbonyl (C=O) groups excluding carboxylic acids is 2. The van der Waals surface area contributed by atoms with E-state index in [0.29, 0.717) is 46.5 Å². The minimum Gasteiger partial charge on any atom is -0.462 e. The van der Waals surface area contributed by atoms with Gasteiger partial charge in [0.05, 0.1) is 11.1 Å². The molecule has 0 radical (unpaired) electrons. The highest BCUT2D eigenvalue weighted by Crippen LogP contribution is 2.35. The van der Waals surface area contributed by atoms with Crippen molar-refractivity contribution in [3.63, 3.8) is 0 Å².